The maximum atomic E-state index is 12.9. The zero-order valence-corrected chi connectivity index (χ0v) is 56.1. The molecule has 6 nitrogen and oxygen atoms in total. The lowest BCUT2D eigenvalue weighted by Gasteiger charge is -2.18. The molecular weight excluding hydrogens is 1010 g/mol. The number of ether oxygens (including phenoxy) is 3. The van der Waals surface area contributed by atoms with Gasteiger partial charge in [0.05, 0.1) is 0 Å². The summed E-state index contributed by atoms with van der Waals surface area (Å²) >= 11 is 0. The van der Waals surface area contributed by atoms with Crippen LogP contribution in [-0.4, -0.2) is 37.2 Å². The van der Waals surface area contributed by atoms with E-state index < -0.39 is 6.10 Å². The monoisotopic (exact) mass is 1160 g/mol. The third kappa shape index (κ3) is 68.9. The molecule has 0 saturated heterocycles. The number of rotatable bonds is 71. The normalized spacial score (nSPS) is 12.0. The molecule has 0 aliphatic rings. The Balaban J connectivity index is 3.99. The van der Waals surface area contributed by atoms with Gasteiger partial charge in [-0.25, -0.2) is 0 Å². The van der Waals surface area contributed by atoms with Crippen LogP contribution in [0.15, 0.2) is 12.2 Å². The van der Waals surface area contributed by atoms with Crippen molar-refractivity contribution in [3.63, 3.8) is 0 Å². The number of carbonyl (C=O) groups excluding carboxylic acids is 3. The van der Waals surface area contributed by atoms with Crippen LogP contribution in [0.25, 0.3) is 0 Å². The van der Waals surface area contributed by atoms with E-state index in [1.165, 1.54) is 340 Å². The summed E-state index contributed by atoms with van der Waals surface area (Å²) in [5, 5.41) is 0. The Morgan fingerprint density at radius 2 is 0.402 bits per heavy atom. The lowest BCUT2D eigenvalue weighted by Crippen LogP contribution is -2.30. The predicted octanol–water partition coefficient (Wildman–Crippen LogP) is 26.0. The Hall–Kier alpha value is -1.85. The second-order valence-corrected chi connectivity index (χ2v) is 25.9. The molecule has 0 aromatic rings. The van der Waals surface area contributed by atoms with Crippen LogP contribution in [0, 0.1) is 0 Å². The summed E-state index contributed by atoms with van der Waals surface area (Å²) in [7, 11) is 0. The van der Waals surface area contributed by atoms with Gasteiger partial charge in [0.1, 0.15) is 13.2 Å². The molecule has 0 radical (unpaired) electrons. The molecular formula is C76H146O6. The van der Waals surface area contributed by atoms with Crippen LogP contribution >= 0.6 is 0 Å². The molecule has 1 unspecified atom stereocenters. The van der Waals surface area contributed by atoms with E-state index in [9.17, 15) is 14.4 Å². The maximum absolute atomic E-state index is 12.9. The van der Waals surface area contributed by atoms with E-state index in [0.29, 0.717) is 19.3 Å². The zero-order chi connectivity index (χ0) is 59.2. The van der Waals surface area contributed by atoms with Gasteiger partial charge in [0.15, 0.2) is 6.10 Å². The van der Waals surface area contributed by atoms with E-state index in [4.69, 9.17) is 14.2 Å². The minimum absolute atomic E-state index is 0.0624. The summed E-state index contributed by atoms with van der Waals surface area (Å²) in [5.41, 5.74) is 0. The summed E-state index contributed by atoms with van der Waals surface area (Å²) in [6, 6.07) is 0. The fraction of sp³-hybridized carbons (Fsp3) is 0.934. The van der Waals surface area contributed by atoms with Crippen LogP contribution in [0.2, 0.25) is 0 Å². The number of hydrogen-bond donors (Lipinski definition) is 0. The van der Waals surface area contributed by atoms with Crippen LogP contribution in [0.3, 0.4) is 0 Å². The Morgan fingerprint density at radius 1 is 0.232 bits per heavy atom. The molecule has 0 rings (SSSR count). The van der Waals surface area contributed by atoms with Crippen molar-refractivity contribution in [3.8, 4) is 0 Å². The summed E-state index contributed by atoms with van der Waals surface area (Å²) < 4.78 is 16.9. The van der Waals surface area contributed by atoms with Crippen LogP contribution in [0.5, 0.6) is 0 Å². The molecule has 0 aliphatic carbocycles. The first-order chi connectivity index (χ1) is 40.5. The molecule has 0 aromatic heterocycles. The Kier molecular flexibility index (Phi) is 70.0. The number of unbranched alkanes of at least 4 members (excludes halogenated alkanes) is 58. The first-order valence-electron chi connectivity index (χ1n) is 37.7. The molecule has 0 fully saturated rings. The highest BCUT2D eigenvalue weighted by Crippen LogP contribution is 2.20. The second-order valence-electron chi connectivity index (χ2n) is 25.9. The molecule has 1 atom stereocenters. The van der Waals surface area contributed by atoms with Gasteiger partial charge in [-0.05, 0) is 44.9 Å². The summed E-state index contributed by atoms with van der Waals surface area (Å²) in [4.78, 5) is 38.3. The minimum Gasteiger partial charge on any atom is -0.462 e. The van der Waals surface area contributed by atoms with Crippen molar-refractivity contribution >= 4 is 17.9 Å². The first kappa shape index (κ1) is 80.2. The van der Waals surface area contributed by atoms with Crippen molar-refractivity contribution in [1.29, 1.82) is 0 Å². The largest absolute Gasteiger partial charge is 0.462 e. The van der Waals surface area contributed by atoms with E-state index in [1.807, 2.05) is 0 Å². The smallest absolute Gasteiger partial charge is 0.306 e. The fourth-order valence-electron chi connectivity index (χ4n) is 11.9. The third-order valence-electron chi connectivity index (χ3n) is 17.5. The van der Waals surface area contributed by atoms with Gasteiger partial charge in [-0.2, -0.15) is 0 Å². The van der Waals surface area contributed by atoms with Crippen molar-refractivity contribution in [1.82, 2.24) is 0 Å². The standard InChI is InChI=1S/C76H146O6/c1-4-7-10-13-16-19-21-23-25-27-29-31-33-35-36-37-38-39-40-42-43-45-47-49-51-53-55-57-60-63-66-69-75(78)81-72-73(71-80-74(77)68-65-62-59-18-15-12-9-6-3)82-76(79)70-67-64-61-58-56-54-52-50-48-46-44-41-34-32-30-28-26-24-22-20-17-14-11-8-5-2/h27,29,73H,4-26,28,30-72H2,1-3H3/b29-27-. The summed E-state index contributed by atoms with van der Waals surface area (Å²) in [5.74, 6) is -0.831. The van der Waals surface area contributed by atoms with Gasteiger partial charge in [-0.3, -0.25) is 14.4 Å². The van der Waals surface area contributed by atoms with Gasteiger partial charge in [0.2, 0.25) is 0 Å². The van der Waals surface area contributed by atoms with E-state index in [2.05, 4.69) is 32.9 Å². The maximum Gasteiger partial charge on any atom is 0.306 e. The molecule has 0 amide bonds. The summed E-state index contributed by atoms with van der Waals surface area (Å²) in [6.07, 6.45) is 87.2. The van der Waals surface area contributed by atoms with Gasteiger partial charge >= 0.3 is 17.9 Å². The van der Waals surface area contributed by atoms with E-state index in [-0.39, 0.29) is 31.1 Å². The quantitative estimate of drug-likeness (QED) is 0.0261. The number of allylic oxidation sites excluding steroid dienone is 2. The van der Waals surface area contributed by atoms with Crippen molar-refractivity contribution in [2.75, 3.05) is 13.2 Å². The van der Waals surface area contributed by atoms with Gasteiger partial charge in [0.25, 0.3) is 0 Å². The van der Waals surface area contributed by atoms with Crippen LogP contribution in [0.4, 0.5) is 0 Å². The molecule has 0 N–H and O–H groups in total. The lowest BCUT2D eigenvalue weighted by molar-refractivity contribution is -0.167. The second kappa shape index (κ2) is 71.6. The van der Waals surface area contributed by atoms with Crippen molar-refractivity contribution in [2.45, 2.75) is 444 Å². The van der Waals surface area contributed by atoms with Gasteiger partial charge < -0.3 is 14.2 Å². The Morgan fingerprint density at radius 3 is 0.610 bits per heavy atom. The predicted molar refractivity (Wildman–Crippen MR) is 358 cm³/mol. The number of hydrogen-bond acceptors (Lipinski definition) is 6. The molecule has 0 spiro atoms. The topological polar surface area (TPSA) is 78.9 Å². The zero-order valence-electron chi connectivity index (χ0n) is 56.1. The minimum atomic E-state index is -0.764. The van der Waals surface area contributed by atoms with E-state index >= 15 is 0 Å². The van der Waals surface area contributed by atoms with Crippen LogP contribution < -0.4 is 0 Å². The first-order valence-corrected chi connectivity index (χ1v) is 37.7. The van der Waals surface area contributed by atoms with Gasteiger partial charge in [0, 0.05) is 19.3 Å². The molecule has 0 saturated carbocycles. The third-order valence-corrected chi connectivity index (χ3v) is 17.5. The Labute approximate surface area is 513 Å². The van der Waals surface area contributed by atoms with Crippen molar-refractivity contribution in [2.24, 2.45) is 0 Å². The van der Waals surface area contributed by atoms with Crippen LogP contribution in [0.1, 0.15) is 438 Å². The molecule has 0 aliphatic heterocycles. The highest BCUT2D eigenvalue weighted by atomic mass is 16.6. The van der Waals surface area contributed by atoms with Gasteiger partial charge in [-0.15, -0.1) is 0 Å². The van der Waals surface area contributed by atoms with Crippen molar-refractivity contribution in [3.05, 3.63) is 12.2 Å². The molecule has 6 heteroatoms. The molecule has 0 heterocycles. The van der Waals surface area contributed by atoms with E-state index in [1.54, 1.807) is 0 Å². The highest BCUT2D eigenvalue weighted by Gasteiger charge is 2.20. The summed E-state index contributed by atoms with van der Waals surface area (Å²) in [6.45, 7) is 6.70. The fourth-order valence-corrected chi connectivity index (χ4v) is 11.9. The number of carbonyl (C=O) groups is 3. The van der Waals surface area contributed by atoms with Crippen molar-refractivity contribution < 1.29 is 28.6 Å². The SMILES string of the molecule is CCCCCCCCCC/C=C\CCCCCCCCCCCCCCCCCCCCCC(=O)OCC(COC(=O)CCCCCCCCCC)OC(=O)CCCCCCCCCCCCCCCCCCCCCCCCCCC. The number of esters is 3. The van der Waals surface area contributed by atoms with E-state index in [0.717, 1.165) is 57.8 Å². The van der Waals surface area contributed by atoms with Crippen LogP contribution in [-0.2, 0) is 28.6 Å². The Bertz CT molecular complexity index is 1280. The lowest BCUT2D eigenvalue weighted by atomic mass is 10.0. The average Bonchev–Trinajstić information content (AvgIpc) is 3.47. The molecule has 486 valence electrons. The highest BCUT2D eigenvalue weighted by molar-refractivity contribution is 5.71. The molecule has 0 aromatic carbocycles. The van der Waals surface area contributed by atoms with Gasteiger partial charge in [-0.1, -0.05) is 386 Å². The molecule has 82 heavy (non-hydrogen) atoms. The average molecular weight is 1160 g/mol. The molecule has 0 bridgehead atoms.